The van der Waals surface area contributed by atoms with Gasteiger partial charge in [0, 0.05) is 6.07 Å². The topological polar surface area (TPSA) is 36.9 Å². The Hall–Kier alpha value is -2.36. The lowest BCUT2D eigenvalue weighted by Crippen LogP contribution is -2.00. The Balaban J connectivity index is 2.21. The van der Waals surface area contributed by atoms with Crippen LogP contribution in [0.3, 0.4) is 0 Å². The molecule has 4 nitrogen and oxygen atoms in total. The third kappa shape index (κ3) is 3.89. The Morgan fingerprint density at radius 3 is 1.87 bits per heavy atom. The summed E-state index contributed by atoms with van der Waals surface area (Å²) in [5.74, 6) is 3.17. The Labute approximate surface area is 137 Å². The lowest BCUT2D eigenvalue weighted by atomic mass is 9.99. The normalized spacial score (nSPS) is 10.3. The van der Waals surface area contributed by atoms with E-state index in [0.29, 0.717) is 0 Å². The lowest BCUT2D eigenvalue weighted by molar-refractivity contribution is 0.354. The fraction of sp³-hybridized carbons (Fsp3) is 0.368. The van der Waals surface area contributed by atoms with E-state index in [1.54, 1.807) is 28.4 Å². The number of ether oxygens (including phenoxy) is 4. The molecule has 0 aliphatic carbocycles. The standard InChI is InChI=1S/C19H24O4/c1-13-10-18(22-4)19(23-5)11-15(13)7-6-14-8-9-16(20-2)12-17(14)21-3/h8-12H,6-7H2,1-5H3. The van der Waals surface area contributed by atoms with Gasteiger partial charge in [0.25, 0.3) is 0 Å². The van der Waals surface area contributed by atoms with E-state index >= 15 is 0 Å². The molecular formula is C19H24O4. The SMILES string of the molecule is COc1ccc(CCc2cc(OC)c(OC)cc2C)c(OC)c1. The molecule has 0 aliphatic heterocycles. The summed E-state index contributed by atoms with van der Waals surface area (Å²) in [5.41, 5.74) is 3.58. The number of aryl methyl sites for hydroxylation is 3. The highest BCUT2D eigenvalue weighted by Gasteiger charge is 2.10. The van der Waals surface area contributed by atoms with Crippen LogP contribution >= 0.6 is 0 Å². The monoisotopic (exact) mass is 316 g/mol. The first-order valence-electron chi connectivity index (χ1n) is 7.55. The Morgan fingerprint density at radius 1 is 0.652 bits per heavy atom. The number of benzene rings is 2. The second kappa shape index (κ2) is 7.77. The quantitative estimate of drug-likeness (QED) is 0.778. The molecule has 23 heavy (non-hydrogen) atoms. The maximum absolute atomic E-state index is 5.46. The average Bonchev–Trinajstić information content (AvgIpc) is 2.60. The minimum atomic E-state index is 0.759. The Bertz CT molecular complexity index is 665. The largest absolute Gasteiger partial charge is 0.497 e. The average molecular weight is 316 g/mol. The first kappa shape index (κ1) is 17.0. The number of hydrogen-bond acceptors (Lipinski definition) is 4. The minimum absolute atomic E-state index is 0.759. The molecule has 0 N–H and O–H groups in total. The summed E-state index contributed by atoms with van der Waals surface area (Å²) < 4.78 is 21.4. The van der Waals surface area contributed by atoms with Crippen LogP contribution in [0.5, 0.6) is 23.0 Å². The molecule has 2 rings (SSSR count). The lowest BCUT2D eigenvalue weighted by Gasteiger charge is -2.14. The van der Waals surface area contributed by atoms with Crippen molar-refractivity contribution in [3.05, 3.63) is 47.0 Å². The summed E-state index contributed by atoms with van der Waals surface area (Å²) in [5, 5.41) is 0. The minimum Gasteiger partial charge on any atom is -0.497 e. The van der Waals surface area contributed by atoms with Gasteiger partial charge in [-0.3, -0.25) is 0 Å². The predicted octanol–water partition coefficient (Wildman–Crippen LogP) is 3.81. The van der Waals surface area contributed by atoms with Gasteiger partial charge < -0.3 is 18.9 Å². The molecule has 0 fully saturated rings. The molecule has 124 valence electrons. The Morgan fingerprint density at radius 2 is 1.26 bits per heavy atom. The van der Waals surface area contributed by atoms with Crippen molar-refractivity contribution in [2.45, 2.75) is 19.8 Å². The van der Waals surface area contributed by atoms with Crippen molar-refractivity contribution in [1.29, 1.82) is 0 Å². The van der Waals surface area contributed by atoms with Gasteiger partial charge in [-0.15, -0.1) is 0 Å². The van der Waals surface area contributed by atoms with Gasteiger partial charge in [0.05, 0.1) is 28.4 Å². The van der Waals surface area contributed by atoms with Gasteiger partial charge in [-0.1, -0.05) is 6.07 Å². The van der Waals surface area contributed by atoms with E-state index in [1.165, 1.54) is 11.1 Å². The van der Waals surface area contributed by atoms with Gasteiger partial charge in [-0.2, -0.15) is 0 Å². The predicted molar refractivity (Wildman–Crippen MR) is 91.2 cm³/mol. The first-order chi connectivity index (χ1) is 11.1. The summed E-state index contributed by atoms with van der Waals surface area (Å²) in [6.45, 7) is 2.09. The molecule has 2 aromatic carbocycles. The van der Waals surface area contributed by atoms with Crippen LogP contribution in [0.25, 0.3) is 0 Å². The summed E-state index contributed by atoms with van der Waals surface area (Å²) >= 11 is 0. The Kier molecular flexibility index (Phi) is 5.74. The van der Waals surface area contributed by atoms with E-state index in [0.717, 1.165) is 41.4 Å². The highest BCUT2D eigenvalue weighted by Crippen LogP contribution is 2.32. The number of rotatable bonds is 7. The van der Waals surface area contributed by atoms with E-state index < -0.39 is 0 Å². The molecule has 0 amide bonds. The molecule has 0 saturated heterocycles. The molecule has 2 aromatic rings. The fourth-order valence-electron chi connectivity index (χ4n) is 2.62. The van der Waals surface area contributed by atoms with E-state index in [4.69, 9.17) is 18.9 Å². The highest BCUT2D eigenvalue weighted by molar-refractivity contribution is 5.48. The molecule has 4 heteroatoms. The molecule has 0 atom stereocenters. The van der Waals surface area contributed by atoms with Gasteiger partial charge in [0.15, 0.2) is 11.5 Å². The van der Waals surface area contributed by atoms with Crippen molar-refractivity contribution in [3.8, 4) is 23.0 Å². The second-order valence-electron chi connectivity index (χ2n) is 5.31. The zero-order valence-electron chi connectivity index (χ0n) is 14.4. The molecule has 0 spiro atoms. The third-order valence-corrected chi connectivity index (χ3v) is 4.00. The molecule has 0 aromatic heterocycles. The van der Waals surface area contributed by atoms with E-state index in [9.17, 15) is 0 Å². The van der Waals surface area contributed by atoms with Crippen molar-refractivity contribution >= 4 is 0 Å². The van der Waals surface area contributed by atoms with E-state index in [2.05, 4.69) is 6.92 Å². The van der Waals surface area contributed by atoms with Gasteiger partial charge in [0.1, 0.15) is 11.5 Å². The van der Waals surface area contributed by atoms with Crippen LogP contribution in [0, 0.1) is 6.92 Å². The van der Waals surface area contributed by atoms with E-state index in [-0.39, 0.29) is 0 Å². The molecular weight excluding hydrogens is 292 g/mol. The van der Waals surface area contributed by atoms with Crippen molar-refractivity contribution < 1.29 is 18.9 Å². The van der Waals surface area contributed by atoms with Gasteiger partial charge in [0.2, 0.25) is 0 Å². The van der Waals surface area contributed by atoms with Gasteiger partial charge in [-0.25, -0.2) is 0 Å². The zero-order valence-corrected chi connectivity index (χ0v) is 14.4. The number of hydrogen-bond donors (Lipinski definition) is 0. The van der Waals surface area contributed by atoms with Crippen molar-refractivity contribution in [2.24, 2.45) is 0 Å². The molecule has 0 bridgehead atoms. The fourth-order valence-corrected chi connectivity index (χ4v) is 2.62. The maximum Gasteiger partial charge on any atom is 0.161 e. The third-order valence-electron chi connectivity index (χ3n) is 4.00. The molecule has 0 radical (unpaired) electrons. The van der Waals surface area contributed by atoms with Crippen LogP contribution in [0.4, 0.5) is 0 Å². The molecule has 0 heterocycles. The summed E-state index contributed by atoms with van der Waals surface area (Å²) in [6.07, 6.45) is 1.78. The molecule has 0 saturated carbocycles. The molecule has 0 aliphatic rings. The molecule has 0 unspecified atom stereocenters. The zero-order chi connectivity index (χ0) is 16.8. The van der Waals surface area contributed by atoms with Crippen molar-refractivity contribution in [3.63, 3.8) is 0 Å². The maximum atomic E-state index is 5.46. The summed E-state index contributed by atoms with van der Waals surface area (Å²) in [6, 6.07) is 9.98. The second-order valence-corrected chi connectivity index (χ2v) is 5.31. The summed E-state index contributed by atoms with van der Waals surface area (Å²) in [4.78, 5) is 0. The van der Waals surface area contributed by atoms with Crippen LogP contribution in [0.15, 0.2) is 30.3 Å². The number of methoxy groups -OCH3 is 4. The van der Waals surface area contributed by atoms with Crippen LogP contribution in [-0.4, -0.2) is 28.4 Å². The summed E-state index contributed by atoms with van der Waals surface area (Å²) in [7, 11) is 6.64. The van der Waals surface area contributed by atoms with Crippen LogP contribution in [0.2, 0.25) is 0 Å². The smallest absolute Gasteiger partial charge is 0.161 e. The van der Waals surface area contributed by atoms with E-state index in [1.807, 2.05) is 30.3 Å². The van der Waals surface area contributed by atoms with Crippen LogP contribution in [0.1, 0.15) is 16.7 Å². The first-order valence-corrected chi connectivity index (χ1v) is 7.55. The highest BCUT2D eigenvalue weighted by atomic mass is 16.5. The van der Waals surface area contributed by atoms with Crippen LogP contribution in [-0.2, 0) is 12.8 Å². The van der Waals surface area contributed by atoms with Crippen molar-refractivity contribution in [1.82, 2.24) is 0 Å². The van der Waals surface area contributed by atoms with Crippen LogP contribution < -0.4 is 18.9 Å². The van der Waals surface area contributed by atoms with Crippen molar-refractivity contribution in [2.75, 3.05) is 28.4 Å². The van der Waals surface area contributed by atoms with Gasteiger partial charge in [-0.05, 0) is 54.7 Å². The van der Waals surface area contributed by atoms with Gasteiger partial charge >= 0.3 is 0 Å².